The number of benzene rings is 1. The average molecular weight is 367 g/mol. The molecular weight excluding hydrogens is 359 g/mol. The summed E-state index contributed by atoms with van der Waals surface area (Å²) in [4.78, 5) is 15.9. The van der Waals surface area contributed by atoms with Crippen molar-refractivity contribution in [2.45, 2.75) is 0 Å². The van der Waals surface area contributed by atoms with Crippen molar-refractivity contribution in [3.8, 4) is 11.6 Å². The molecule has 116 valence electrons. The van der Waals surface area contributed by atoms with E-state index in [-0.39, 0.29) is 17.5 Å². The highest BCUT2D eigenvalue weighted by Gasteiger charge is 2.10. The zero-order valence-corrected chi connectivity index (χ0v) is 13.7. The summed E-state index contributed by atoms with van der Waals surface area (Å²) in [5.74, 6) is 0.450. The van der Waals surface area contributed by atoms with E-state index >= 15 is 0 Å². The Balaban J connectivity index is 1.68. The molecule has 9 heteroatoms. The van der Waals surface area contributed by atoms with Gasteiger partial charge >= 0.3 is 0 Å². The van der Waals surface area contributed by atoms with Crippen molar-refractivity contribution in [3.63, 3.8) is 0 Å². The number of ether oxygens (including phenoxy) is 1. The van der Waals surface area contributed by atoms with Crippen molar-refractivity contribution in [1.82, 2.24) is 14.6 Å². The van der Waals surface area contributed by atoms with Crippen molar-refractivity contribution >= 4 is 46.3 Å². The van der Waals surface area contributed by atoms with E-state index < -0.39 is 0 Å². The Morgan fingerprint density at radius 2 is 2.00 bits per heavy atom. The summed E-state index contributed by atoms with van der Waals surface area (Å²) in [5.41, 5.74) is 0.873. The van der Waals surface area contributed by atoms with E-state index in [1.807, 2.05) is 0 Å². The van der Waals surface area contributed by atoms with Gasteiger partial charge in [0.1, 0.15) is 10.8 Å². The Morgan fingerprint density at radius 3 is 2.65 bits per heavy atom. The molecule has 1 amide bonds. The zero-order valence-electron chi connectivity index (χ0n) is 11.4. The van der Waals surface area contributed by atoms with Crippen LogP contribution in [0.15, 0.2) is 41.9 Å². The molecule has 0 fully saturated rings. The van der Waals surface area contributed by atoms with Crippen LogP contribution in [0.4, 0.5) is 5.69 Å². The molecule has 0 aliphatic heterocycles. The third-order valence-electron chi connectivity index (χ3n) is 2.69. The molecular formula is C14H8Cl2N4O2S. The highest BCUT2D eigenvalue weighted by atomic mass is 35.5. The molecule has 0 bridgehead atoms. The Bertz CT molecular complexity index is 825. The summed E-state index contributed by atoms with van der Waals surface area (Å²) in [7, 11) is 0. The molecule has 2 heterocycles. The number of carbonyl (C=O) groups is 1. The number of hydrogen-bond acceptors (Lipinski definition) is 6. The molecule has 0 saturated carbocycles. The van der Waals surface area contributed by atoms with Crippen molar-refractivity contribution in [2.24, 2.45) is 0 Å². The fourth-order valence-corrected chi connectivity index (χ4v) is 2.51. The molecule has 1 aromatic carbocycles. The van der Waals surface area contributed by atoms with E-state index in [0.29, 0.717) is 21.5 Å². The van der Waals surface area contributed by atoms with Crippen LogP contribution in [0.3, 0.4) is 0 Å². The average Bonchev–Trinajstić information content (AvgIpc) is 3.06. The van der Waals surface area contributed by atoms with E-state index in [4.69, 9.17) is 27.9 Å². The van der Waals surface area contributed by atoms with Crippen LogP contribution in [0, 0.1) is 0 Å². The van der Waals surface area contributed by atoms with Gasteiger partial charge in [-0.3, -0.25) is 4.79 Å². The summed E-state index contributed by atoms with van der Waals surface area (Å²) >= 11 is 12.9. The normalized spacial score (nSPS) is 10.3. The minimum atomic E-state index is -0.324. The topological polar surface area (TPSA) is 77.0 Å². The van der Waals surface area contributed by atoms with Gasteiger partial charge in [0.2, 0.25) is 5.88 Å². The Morgan fingerprint density at radius 1 is 1.22 bits per heavy atom. The number of amides is 1. The standard InChI is InChI=1S/C14H8Cl2N4O2S/c15-8-5-11(16)14(17-6-8)22-10-3-1-9(2-4-10)18-13(21)12-7-23-20-19-12/h1-7H,(H,18,21). The summed E-state index contributed by atoms with van der Waals surface area (Å²) < 4.78 is 9.20. The predicted octanol–water partition coefficient (Wildman–Crippen LogP) is 4.28. The van der Waals surface area contributed by atoms with Crippen LogP contribution in [0.2, 0.25) is 10.0 Å². The Kier molecular flexibility index (Phi) is 4.71. The van der Waals surface area contributed by atoms with Crippen LogP contribution in [0.1, 0.15) is 10.5 Å². The van der Waals surface area contributed by atoms with E-state index in [9.17, 15) is 4.79 Å². The maximum absolute atomic E-state index is 11.8. The lowest BCUT2D eigenvalue weighted by molar-refractivity contribution is 0.102. The van der Waals surface area contributed by atoms with E-state index in [1.54, 1.807) is 35.7 Å². The van der Waals surface area contributed by atoms with Crippen molar-refractivity contribution in [1.29, 1.82) is 0 Å². The van der Waals surface area contributed by atoms with Gasteiger partial charge in [-0.1, -0.05) is 27.7 Å². The van der Waals surface area contributed by atoms with Gasteiger partial charge in [-0.05, 0) is 41.9 Å². The monoisotopic (exact) mass is 366 g/mol. The lowest BCUT2D eigenvalue weighted by Gasteiger charge is -2.08. The first-order valence-electron chi connectivity index (χ1n) is 6.29. The second-order valence-electron chi connectivity index (χ2n) is 4.31. The van der Waals surface area contributed by atoms with Gasteiger partial charge in [-0.15, -0.1) is 5.10 Å². The molecule has 0 aliphatic rings. The first kappa shape index (κ1) is 15.7. The summed E-state index contributed by atoms with van der Waals surface area (Å²) in [5, 5.41) is 8.71. The number of halogens is 2. The second kappa shape index (κ2) is 6.91. The summed E-state index contributed by atoms with van der Waals surface area (Å²) in [6, 6.07) is 8.29. The first-order valence-corrected chi connectivity index (χ1v) is 7.88. The number of aromatic nitrogens is 3. The molecule has 2 aromatic heterocycles. The largest absolute Gasteiger partial charge is 0.438 e. The molecule has 0 atom stereocenters. The van der Waals surface area contributed by atoms with Gasteiger partial charge in [-0.25, -0.2) is 4.98 Å². The summed E-state index contributed by atoms with van der Waals surface area (Å²) in [6.45, 7) is 0. The quantitative estimate of drug-likeness (QED) is 0.745. The van der Waals surface area contributed by atoms with E-state index in [0.717, 1.165) is 11.5 Å². The number of anilines is 1. The van der Waals surface area contributed by atoms with Gasteiger partial charge in [-0.2, -0.15) is 0 Å². The fourth-order valence-electron chi connectivity index (χ4n) is 1.65. The predicted molar refractivity (Wildman–Crippen MR) is 88.6 cm³/mol. The van der Waals surface area contributed by atoms with Gasteiger partial charge in [0, 0.05) is 17.3 Å². The maximum atomic E-state index is 11.8. The molecule has 23 heavy (non-hydrogen) atoms. The molecule has 0 radical (unpaired) electrons. The van der Waals surface area contributed by atoms with Crippen LogP contribution in [0.5, 0.6) is 11.6 Å². The van der Waals surface area contributed by atoms with E-state index in [1.165, 1.54) is 6.20 Å². The van der Waals surface area contributed by atoms with Gasteiger partial charge < -0.3 is 10.1 Å². The minimum absolute atomic E-state index is 0.251. The van der Waals surface area contributed by atoms with Crippen LogP contribution in [-0.2, 0) is 0 Å². The van der Waals surface area contributed by atoms with E-state index in [2.05, 4.69) is 19.9 Å². The number of nitrogens with one attached hydrogen (secondary N) is 1. The minimum Gasteiger partial charge on any atom is -0.438 e. The highest BCUT2D eigenvalue weighted by Crippen LogP contribution is 2.29. The van der Waals surface area contributed by atoms with Crippen molar-refractivity contribution < 1.29 is 9.53 Å². The Hall–Kier alpha value is -2.22. The maximum Gasteiger partial charge on any atom is 0.277 e. The number of nitrogens with zero attached hydrogens (tertiary/aromatic N) is 3. The molecule has 6 nitrogen and oxygen atoms in total. The molecule has 3 rings (SSSR count). The van der Waals surface area contributed by atoms with Crippen LogP contribution in [-0.4, -0.2) is 20.5 Å². The zero-order chi connectivity index (χ0) is 16.2. The molecule has 0 unspecified atom stereocenters. The van der Waals surface area contributed by atoms with Gasteiger partial charge in [0.25, 0.3) is 5.91 Å². The van der Waals surface area contributed by atoms with Crippen molar-refractivity contribution in [2.75, 3.05) is 5.32 Å². The van der Waals surface area contributed by atoms with Crippen molar-refractivity contribution in [3.05, 3.63) is 57.6 Å². The van der Waals surface area contributed by atoms with Crippen LogP contribution in [0.25, 0.3) is 0 Å². The molecule has 0 saturated heterocycles. The van der Waals surface area contributed by atoms with Gasteiger partial charge in [0.15, 0.2) is 5.69 Å². The number of carbonyl (C=O) groups excluding carboxylic acids is 1. The number of pyridine rings is 1. The first-order chi connectivity index (χ1) is 11.1. The second-order valence-corrected chi connectivity index (χ2v) is 5.76. The molecule has 0 spiro atoms. The highest BCUT2D eigenvalue weighted by molar-refractivity contribution is 7.03. The number of rotatable bonds is 4. The van der Waals surface area contributed by atoms with Gasteiger partial charge in [0.05, 0.1) is 5.02 Å². The lowest BCUT2D eigenvalue weighted by atomic mass is 10.3. The smallest absolute Gasteiger partial charge is 0.277 e. The number of hydrogen-bond donors (Lipinski definition) is 1. The molecule has 1 N–H and O–H groups in total. The molecule has 0 aliphatic carbocycles. The lowest BCUT2D eigenvalue weighted by Crippen LogP contribution is -2.12. The third-order valence-corrected chi connectivity index (χ3v) is 3.68. The van der Waals surface area contributed by atoms with Crippen LogP contribution < -0.4 is 10.1 Å². The third kappa shape index (κ3) is 3.95. The SMILES string of the molecule is O=C(Nc1ccc(Oc2ncc(Cl)cc2Cl)cc1)c1csnn1. The summed E-state index contributed by atoms with van der Waals surface area (Å²) in [6.07, 6.45) is 1.44. The Labute approximate surface area is 145 Å². The fraction of sp³-hybridized carbons (Fsp3) is 0. The van der Waals surface area contributed by atoms with Crippen LogP contribution >= 0.6 is 34.7 Å². The molecule has 3 aromatic rings.